The van der Waals surface area contributed by atoms with Crippen molar-refractivity contribution in [3.63, 3.8) is 0 Å². The molecule has 0 aliphatic rings. The van der Waals surface area contributed by atoms with Gasteiger partial charge in [0.1, 0.15) is 22.2 Å². The molecule has 7 heteroatoms. The van der Waals surface area contributed by atoms with Gasteiger partial charge >= 0.3 is 0 Å². The van der Waals surface area contributed by atoms with E-state index in [1.807, 2.05) is 18.2 Å². The maximum atomic E-state index is 12.9. The average Bonchev–Trinajstić information content (AvgIpc) is 3.01. The second kappa shape index (κ2) is 7.18. The fraction of sp³-hybridized carbons (Fsp3) is 0.118. The molecule has 122 valence electrons. The molecule has 0 saturated heterocycles. The molecule has 3 rings (SSSR count). The first-order valence-corrected chi connectivity index (χ1v) is 7.98. The SMILES string of the molecule is Cc1nnsc1C(=O)NCc1cccc(Oc2ccc(F)cc2)c1. The molecule has 0 aliphatic heterocycles. The zero-order chi connectivity index (χ0) is 16.9. The van der Waals surface area contributed by atoms with Gasteiger partial charge in [-0.25, -0.2) is 4.39 Å². The Morgan fingerprint density at radius 3 is 2.71 bits per heavy atom. The number of aromatic nitrogens is 2. The lowest BCUT2D eigenvalue weighted by Crippen LogP contribution is -2.22. The van der Waals surface area contributed by atoms with Gasteiger partial charge in [-0.2, -0.15) is 0 Å². The maximum Gasteiger partial charge on any atom is 0.265 e. The molecule has 1 heterocycles. The van der Waals surface area contributed by atoms with E-state index in [9.17, 15) is 9.18 Å². The van der Waals surface area contributed by atoms with Crippen LogP contribution in [-0.4, -0.2) is 15.5 Å². The lowest BCUT2D eigenvalue weighted by atomic mass is 10.2. The number of carbonyl (C=O) groups excluding carboxylic acids is 1. The Labute approximate surface area is 142 Å². The number of nitrogens with zero attached hydrogens (tertiary/aromatic N) is 2. The van der Waals surface area contributed by atoms with Crippen molar-refractivity contribution in [1.29, 1.82) is 0 Å². The molecule has 3 aromatic rings. The lowest BCUT2D eigenvalue weighted by Gasteiger charge is -2.08. The molecule has 0 spiro atoms. The van der Waals surface area contributed by atoms with E-state index in [0.29, 0.717) is 28.6 Å². The number of hydrogen-bond acceptors (Lipinski definition) is 5. The predicted molar refractivity (Wildman–Crippen MR) is 88.7 cm³/mol. The predicted octanol–water partition coefficient (Wildman–Crippen LogP) is 3.71. The quantitative estimate of drug-likeness (QED) is 0.767. The molecule has 0 atom stereocenters. The largest absolute Gasteiger partial charge is 0.457 e. The number of carbonyl (C=O) groups is 1. The summed E-state index contributed by atoms with van der Waals surface area (Å²) in [4.78, 5) is 12.6. The van der Waals surface area contributed by atoms with E-state index >= 15 is 0 Å². The minimum Gasteiger partial charge on any atom is -0.457 e. The van der Waals surface area contributed by atoms with Crippen LogP contribution in [0.15, 0.2) is 48.5 Å². The molecule has 0 radical (unpaired) electrons. The Morgan fingerprint density at radius 1 is 1.21 bits per heavy atom. The van der Waals surface area contributed by atoms with Gasteiger partial charge in [-0.1, -0.05) is 16.6 Å². The standard InChI is InChI=1S/C17H14FN3O2S/c1-11-16(24-21-20-11)17(22)19-10-12-3-2-4-15(9-12)23-14-7-5-13(18)6-8-14/h2-9H,10H2,1H3,(H,19,22). The number of halogens is 1. The van der Waals surface area contributed by atoms with E-state index in [1.165, 1.54) is 12.1 Å². The highest BCUT2D eigenvalue weighted by molar-refractivity contribution is 7.07. The van der Waals surface area contributed by atoms with Crippen LogP contribution < -0.4 is 10.1 Å². The van der Waals surface area contributed by atoms with Gasteiger partial charge in [0, 0.05) is 6.54 Å². The number of ether oxygens (including phenoxy) is 1. The zero-order valence-corrected chi connectivity index (χ0v) is 13.6. The smallest absolute Gasteiger partial charge is 0.265 e. The van der Waals surface area contributed by atoms with Crippen LogP contribution in [0.4, 0.5) is 4.39 Å². The molecule has 0 aliphatic carbocycles. The third kappa shape index (κ3) is 3.94. The van der Waals surface area contributed by atoms with Crippen LogP contribution in [-0.2, 0) is 6.54 Å². The maximum absolute atomic E-state index is 12.9. The number of benzene rings is 2. The van der Waals surface area contributed by atoms with Gasteiger partial charge in [0.15, 0.2) is 0 Å². The summed E-state index contributed by atoms with van der Waals surface area (Å²) >= 11 is 1.07. The summed E-state index contributed by atoms with van der Waals surface area (Å²) in [6.45, 7) is 2.10. The Morgan fingerprint density at radius 2 is 2.00 bits per heavy atom. The highest BCUT2D eigenvalue weighted by atomic mass is 32.1. The van der Waals surface area contributed by atoms with Crippen LogP contribution in [0.1, 0.15) is 20.9 Å². The monoisotopic (exact) mass is 343 g/mol. The van der Waals surface area contributed by atoms with Crippen molar-refractivity contribution in [2.75, 3.05) is 0 Å². The second-order valence-electron chi connectivity index (χ2n) is 5.07. The third-order valence-electron chi connectivity index (χ3n) is 3.26. The highest BCUT2D eigenvalue weighted by Crippen LogP contribution is 2.22. The van der Waals surface area contributed by atoms with Crippen molar-refractivity contribution in [1.82, 2.24) is 14.9 Å². The van der Waals surface area contributed by atoms with Crippen molar-refractivity contribution in [2.24, 2.45) is 0 Å². The average molecular weight is 343 g/mol. The summed E-state index contributed by atoms with van der Waals surface area (Å²) in [7, 11) is 0. The Kier molecular flexibility index (Phi) is 4.81. The van der Waals surface area contributed by atoms with Crippen molar-refractivity contribution < 1.29 is 13.9 Å². The molecule has 2 aromatic carbocycles. The highest BCUT2D eigenvalue weighted by Gasteiger charge is 2.12. The summed E-state index contributed by atoms with van der Waals surface area (Å²) < 4.78 is 22.3. The van der Waals surface area contributed by atoms with Crippen LogP contribution in [0.3, 0.4) is 0 Å². The first-order chi connectivity index (χ1) is 11.6. The van der Waals surface area contributed by atoms with E-state index in [0.717, 1.165) is 17.1 Å². The molecular formula is C17H14FN3O2S. The second-order valence-corrected chi connectivity index (χ2v) is 5.83. The summed E-state index contributed by atoms with van der Waals surface area (Å²) in [5.74, 6) is 0.645. The molecule has 5 nitrogen and oxygen atoms in total. The fourth-order valence-electron chi connectivity index (χ4n) is 2.06. The van der Waals surface area contributed by atoms with Crippen molar-refractivity contribution in [3.05, 3.63) is 70.5 Å². The summed E-state index contributed by atoms with van der Waals surface area (Å²) in [5, 5.41) is 6.65. The number of aryl methyl sites for hydroxylation is 1. The Balaban J connectivity index is 1.64. The molecular weight excluding hydrogens is 329 g/mol. The molecule has 1 aromatic heterocycles. The van der Waals surface area contributed by atoms with Crippen molar-refractivity contribution in [2.45, 2.75) is 13.5 Å². The van der Waals surface area contributed by atoms with Crippen LogP contribution in [0, 0.1) is 12.7 Å². The van der Waals surface area contributed by atoms with Gasteiger partial charge in [-0.05, 0) is 60.4 Å². The minimum atomic E-state index is -0.313. The number of rotatable bonds is 5. The summed E-state index contributed by atoms with van der Waals surface area (Å²) in [6.07, 6.45) is 0. The fourth-order valence-corrected chi connectivity index (χ4v) is 2.63. The normalized spacial score (nSPS) is 10.4. The minimum absolute atomic E-state index is 0.202. The van der Waals surface area contributed by atoms with Crippen LogP contribution >= 0.6 is 11.5 Å². The number of hydrogen-bond donors (Lipinski definition) is 1. The molecule has 0 unspecified atom stereocenters. The van der Waals surface area contributed by atoms with Crippen LogP contribution in [0.2, 0.25) is 0 Å². The molecule has 0 fully saturated rings. The van der Waals surface area contributed by atoms with E-state index < -0.39 is 0 Å². The first kappa shape index (κ1) is 16.1. The topological polar surface area (TPSA) is 64.1 Å². The number of nitrogens with one attached hydrogen (secondary N) is 1. The third-order valence-corrected chi connectivity index (χ3v) is 4.09. The van der Waals surface area contributed by atoms with E-state index in [4.69, 9.17) is 4.74 Å². The van der Waals surface area contributed by atoms with Crippen LogP contribution in [0.5, 0.6) is 11.5 Å². The van der Waals surface area contributed by atoms with Gasteiger partial charge in [-0.15, -0.1) is 5.10 Å². The van der Waals surface area contributed by atoms with Crippen LogP contribution in [0.25, 0.3) is 0 Å². The molecule has 1 N–H and O–H groups in total. The summed E-state index contributed by atoms with van der Waals surface area (Å²) in [6, 6.07) is 13.1. The first-order valence-electron chi connectivity index (χ1n) is 7.21. The molecule has 0 saturated carbocycles. The van der Waals surface area contributed by atoms with Gasteiger partial charge < -0.3 is 10.1 Å². The number of amides is 1. The molecule has 0 bridgehead atoms. The van der Waals surface area contributed by atoms with Crippen molar-refractivity contribution >= 4 is 17.4 Å². The summed E-state index contributed by atoms with van der Waals surface area (Å²) in [5.41, 5.74) is 1.50. The van der Waals surface area contributed by atoms with Gasteiger partial charge in [0.2, 0.25) is 0 Å². The van der Waals surface area contributed by atoms with Gasteiger partial charge in [0.05, 0.1) is 5.69 Å². The van der Waals surface area contributed by atoms with E-state index in [2.05, 4.69) is 14.9 Å². The zero-order valence-electron chi connectivity index (χ0n) is 12.8. The van der Waals surface area contributed by atoms with Gasteiger partial charge in [0.25, 0.3) is 5.91 Å². The van der Waals surface area contributed by atoms with E-state index in [-0.39, 0.29) is 11.7 Å². The Bertz CT molecular complexity index is 849. The molecule has 1 amide bonds. The Hall–Kier alpha value is -2.80. The van der Waals surface area contributed by atoms with E-state index in [1.54, 1.807) is 25.1 Å². The lowest BCUT2D eigenvalue weighted by molar-refractivity contribution is 0.0954. The van der Waals surface area contributed by atoms with Gasteiger partial charge in [-0.3, -0.25) is 4.79 Å². The van der Waals surface area contributed by atoms with Crippen molar-refractivity contribution in [3.8, 4) is 11.5 Å². The molecule has 24 heavy (non-hydrogen) atoms.